The maximum Gasteiger partial charge on any atom is 0.326 e. The molecule has 0 aromatic rings. The van der Waals surface area contributed by atoms with Crippen LogP contribution in [0, 0.1) is 5.92 Å². The van der Waals surface area contributed by atoms with Gasteiger partial charge in [-0.25, -0.2) is 9.59 Å². The van der Waals surface area contributed by atoms with Crippen LogP contribution < -0.4 is 10.6 Å². The topological polar surface area (TPSA) is 78.4 Å². The first-order valence-electron chi connectivity index (χ1n) is 5.84. The van der Waals surface area contributed by atoms with E-state index in [1.54, 1.807) is 0 Å². The van der Waals surface area contributed by atoms with Gasteiger partial charge in [0.1, 0.15) is 6.04 Å². The molecule has 1 rings (SSSR count). The Morgan fingerprint density at radius 3 is 2.44 bits per heavy atom. The van der Waals surface area contributed by atoms with Crippen molar-refractivity contribution in [3.05, 3.63) is 0 Å². The minimum atomic E-state index is -0.976. The summed E-state index contributed by atoms with van der Waals surface area (Å²) in [4.78, 5) is 22.3. The molecule has 1 saturated carbocycles. The van der Waals surface area contributed by atoms with E-state index < -0.39 is 12.0 Å². The summed E-state index contributed by atoms with van der Waals surface area (Å²) in [6, 6.07) is -1.02. The number of rotatable bonds is 6. The number of carbonyl (C=O) groups is 2. The Hall–Kier alpha value is -1.26. The average Bonchev–Trinajstić information content (AvgIpc) is 2.99. The van der Waals surface area contributed by atoms with Gasteiger partial charge >= 0.3 is 12.0 Å². The van der Waals surface area contributed by atoms with Crippen molar-refractivity contribution in [2.45, 2.75) is 51.6 Å². The molecule has 0 spiro atoms. The lowest BCUT2D eigenvalue weighted by Crippen LogP contribution is -2.48. The molecule has 5 nitrogen and oxygen atoms in total. The monoisotopic (exact) mass is 228 g/mol. The van der Waals surface area contributed by atoms with Gasteiger partial charge in [0.15, 0.2) is 0 Å². The van der Waals surface area contributed by atoms with Crippen LogP contribution in [0.5, 0.6) is 0 Å². The molecule has 16 heavy (non-hydrogen) atoms. The van der Waals surface area contributed by atoms with E-state index in [9.17, 15) is 9.59 Å². The minimum absolute atomic E-state index is 0.135. The van der Waals surface area contributed by atoms with Crippen molar-refractivity contribution in [1.29, 1.82) is 0 Å². The molecular weight excluding hydrogens is 208 g/mol. The van der Waals surface area contributed by atoms with Crippen molar-refractivity contribution >= 4 is 12.0 Å². The first-order chi connectivity index (χ1) is 7.54. The van der Waals surface area contributed by atoms with Gasteiger partial charge in [-0.2, -0.15) is 0 Å². The second-order valence-corrected chi connectivity index (χ2v) is 4.42. The van der Waals surface area contributed by atoms with E-state index in [-0.39, 0.29) is 12.1 Å². The van der Waals surface area contributed by atoms with E-state index in [1.165, 1.54) is 0 Å². The second kappa shape index (κ2) is 5.72. The van der Waals surface area contributed by atoms with Gasteiger partial charge in [0.05, 0.1) is 0 Å². The number of urea groups is 1. The van der Waals surface area contributed by atoms with Crippen LogP contribution in [0.15, 0.2) is 0 Å². The maximum atomic E-state index is 11.5. The van der Waals surface area contributed by atoms with Crippen molar-refractivity contribution in [2.24, 2.45) is 5.92 Å². The third-order valence-electron chi connectivity index (χ3n) is 2.87. The van der Waals surface area contributed by atoms with Crippen molar-refractivity contribution < 1.29 is 14.7 Å². The van der Waals surface area contributed by atoms with Crippen LogP contribution in [-0.2, 0) is 4.79 Å². The lowest BCUT2D eigenvalue weighted by atomic mass is 10.2. The normalized spacial score (nSPS) is 18.6. The first-order valence-corrected chi connectivity index (χ1v) is 5.84. The van der Waals surface area contributed by atoms with Crippen molar-refractivity contribution in [3.8, 4) is 0 Å². The molecule has 5 heteroatoms. The highest BCUT2D eigenvalue weighted by molar-refractivity contribution is 5.82. The lowest BCUT2D eigenvalue weighted by Gasteiger charge is -2.17. The number of aliphatic carboxylic acids is 1. The summed E-state index contributed by atoms with van der Waals surface area (Å²) in [5.41, 5.74) is 0. The van der Waals surface area contributed by atoms with Crippen LogP contribution in [0.25, 0.3) is 0 Å². The Balaban J connectivity index is 2.32. The predicted octanol–water partition coefficient (Wildman–Crippen LogP) is 1.34. The fraction of sp³-hybridized carbons (Fsp3) is 0.818. The molecule has 0 aliphatic heterocycles. The highest BCUT2D eigenvalue weighted by Crippen LogP contribution is 2.32. The summed E-state index contributed by atoms with van der Waals surface area (Å²) >= 11 is 0. The molecule has 0 aromatic carbocycles. The third kappa shape index (κ3) is 4.08. The molecule has 2 unspecified atom stereocenters. The number of nitrogens with one attached hydrogen (secondary N) is 2. The molecule has 0 bridgehead atoms. The minimum Gasteiger partial charge on any atom is -0.480 e. The van der Waals surface area contributed by atoms with Gasteiger partial charge in [0, 0.05) is 6.04 Å². The molecule has 92 valence electrons. The summed E-state index contributed by atoms with van der Waals surface area (Å²) in [5, 5.41) is 14.1. The molecule has 2 amide bonds. The summed E-state index contributed by atoms with van der Waals surface area (Å²) in [6.45, 7) is 3.84. The van der Waals surface area contributed by atoms with Crippen molar-refractivity contribution in [3.63, 3.8) is 0 Å². The third-order valence-corrected chi connectivity index (χ3v) is 2.87. The zero-order valence-electron chi connectivity index (χ0n) is 9.82. The van der Waals surface area contributed by atoms with E-state index in [2.05, 4.69) is 10.6 Å². The number of hydrogen-bond acceptors (Lipinski definition) is 2. The van der Waals surface area contributed by atoms with Gasteiger partial charge in [-0.3, -0.25) is 0 Å². The Bertz CT molecular complexity index is 264. The molecule has 0 heterocycles. The molecule has 0 aromatic heterocycles. The van der Waals surface area contributed by atoms with Gasteiger partial charge in [-0.15, -0.1) is 0 Å². The molecule has 0 radical (unpaired) electrons. The van der Waals surface area contributed by atoms with Crippen LogP contribution in [0.4, 0.5) is 4.79 Å². The number of carboxylic acids is 1. The zero-order chi connectivity index (χ0) is 12.1. The molecule has 0 saturated heterocycles. The Labute approximate surface area is 95.6 Å². The molecule has 1 aliphatic rings. The van der Waals surface area contributed by atoms with E-state index >= 15 is 0 Å². The maximum absolute atomic E-state index is 11.5. The van der Waals surface area contributed by atoms with Crippen LogP contribution in [-0.4, -0.2) is 29.2 Å². The number of carbonyl (C=O) groups excluding carboxylic acids is 1. The first kappa shape index (κ1) is 12.8. The van der Waals surface area contributed by atoms with Crippen LogP contribution in [0.2, 0.25) is 0 Å². The van der Waals surface area contributed by atoms with Gasteiger partial charge in [0.25, 0.3) is 0 Å². The van der Waals surface area contributed by atoms with Crippen molar-refractivity contribution in [1.82, 2.24) is 10.6 Å². The molecule has 1 aliphatic carbocycles. The van der Waals surface area contributed by atoms with Gasteiger partial charge in [0.2, 0.25) is 0 Å². The SMILES string of the molecule is CCCC(NC(=O)NC(C)C1CC1)C(=O)O. The summed E-state index contributed by atoms with van der Waals surface area (Å²) in [6.07, 6.45) is 3.49. The van der Waals surface area contributed by atoms with Gasteiger partial charge < -0.3 is 15.7 Å². The van der Waals surface area contributed by atoms with Crippen molar-refractivity contribution in [2.75, 3.05) is 0 Å². The largest absolute Gasteiger partial charge is 0.480 e. The summed E-state index contributed by atoms with van der Waals surface area (Å²) in [5.74, 6) is -0.406. The fourth-order valence-corrected chi connectivity index (χ4v) is 1.67. The number of carboxylic acid groups (broad SMARTS) is 1. The number of hydrogen-bond donors (Lipinski definition) is 3. The fourth-order valence-electron chi connectivity index (χ4n) is 1.67. The zero-order valence-corrected chi connectivity index (χ0v) is 9.82. The standard InChI is InChI=1S/C11H20N2O3/c1-3-4-9(10(14)15)13-11(16)12-7(2)8-5-6-8/h7-9H,3-6H2,1-2H3,(H,14,15)(H2,12,13,16). The summed E-state index contributed by atoms with van der Waals surface area (Å²) in [7, 11) is 0. The Kier molecular flexibility index (Phi) is 4.58. The number of amides is 2. The van der Waals surface area contributed by atoms with E-state index in [0.717, 1.165) is 19.3 Å². The van der Waals surface area contributed by atoms with Gasteiger partial charge in [-0.05, 0) is 32.1 Å². The molecule has 1 fully saturated rings. The average molecular weight is 228 g/mol. The molecular formula is C11H20N2O3. The van der Waals surface area contributed by atoms with Gasteiger partial charge in [-0.1, -0.05) is 13.3 Å². The van der Waals surface area contributed by atoms with E-state index in [4.69, 9.17) is 5.11 Å². The van der Waals surface area contributed by atoms with Crippen LogP contribution in [0.3, 0.4) is 0 Å². The molecule has 2 atom stereocenters. The summed E-state index contributed by atoms with van der Waals surface area (Å²) < 4.78 is 0. The molecule has 3 N–H and O–H groups in total. The predicted molar refractivity (Wildman–Crippen MR) is 60.2 cm³/mol. The lowest BCUT2D eigenvalue weighted by molar-refractivity contribution is -0.139. The smallest absolute Gasteiger partial charge is 0.326 e. The van der Waals surface area contributed by atoms with Crippen LogP contribution in [0.1, 0.15) is 39.5 Å². The van der Waals surface area contributed by atoms with E-state index in [0.29, 0.717) is 12.3 Å². The highest BCUT2D eigenvalue weighted by atomic mass is 16.4. The quantitative estimate of drug-likeness (QED) is 0.642. The van der Waals surface area contributed by atoms with Crippen LogP contribution >= 0.6 is 0 Å². The second-order valence-electron chi connectivity index (χ2n) is 4.42. The Morgan fingerprint density at radius 2 is 2.00 bits per heavy atom. The van der Waals surface area contributed by atoms with E-state index in [1.807, 2.05) is 13.8 Å². The highest BCUT2D eigenvalue weighted by Gasteiger charge is 2.29. The Morgan fingerprint density at radius 1 is 1.38 bits per heavy atom.